The molecule has 1 aliphatic carbocycles. The molecule has 0 bridgehead atoms. The number of hydrogen-bond donors (Lipinski definition) is 1. The van der Waals surface area contributed by atoms with Crippen LogP contribution in [0.2, 0.25) is 0 Å². The van der Waals surface area contributed by atoms with Crippen LogP contribution in [0.4, 0.5) is 14.9 Å². The molecule has 38 heavy (non-hydrogen) atoms. The number of hydrogen-bond acceptors (Lipinski definition) is 5. The average molecular weight is 536 g/mol. The van der Waals surface area contributed by atoms with Crippen LogP contribution in [0.15, 0.2) is 60.7 Å². The van der Waals surface area contributed by atoms with Crippen molar-refractivity contribution < 1.29 is 23.4 Å². The number of nitrogens with one attached hydrogen (secondary N) is 1. The van der Waals surface area contributed by atoms with Gasteiger partial charge < -0.3 is 19.2 Å². The zero-order valence-electron chi connectivity index (χ0n) is 20.6. The number of anilines is 1. The van der Waals surface area contributed by atoms with E-state index in [-0.39, 0.29) is 24.0 Å². The van der Waals surface area contributed by atoms with Crippen LogP contribution < -0.4 is 14.4 Å². The summed E-state index contributed by atoms with van der Waals surface area (Å²) in [5.41, 5.74) is 3.73. The third-order valence-electron chi connectivity index (χ3n) is 7.77. The molecule has 1 spiro atoms. The molecule has 0 unspecified atom stereocenters. The molecule has 9 heteroatoms. The van der Waals surface area contributed by atoms with Gasteiger partial charge >= 0.3 is 6.09 Å². The van der Waals surface area contributed by atoms with Crippen LogP contribution in [0.25, 0.3) is 22.2 Å². The number of H-pyrrole nitrogens is 1. The first kappa shape index (κ1) is 24.6. The van der Waals surface area contributed by atoms with Crippen molar-refractivity contribution in [2.75, 3.05) is 24.7 Å². The minimum Gasteiger partial charge on any atom is -0.486 e. The summed E-state index contributed by atoms with van der Waals surface area (Å²) in [6.45, 7) is 1.50. The number of nitrogens with zero attached hydrogens (tertiary/aromatic N) is 2. The molecule has 3 heterocycles. The van der Waals surface area contributed by atoms with Crippen molar-refractivity contribution >= 4 is 35.2 Å². The number of benzene rings is 3. The number of carbonyl (C=O) groups is 1. The van der Waals surface area contributed by atoms with Gasteiger partial charge in [0.15, 0.2) is 11.5 Å². The lowest BCUT2D eigenvalue weighted by Crippen LogP contribution is -2.38. The van der Waals surface area contributed by atoms with E-state index in [9.17, 15) is 9.18 Å². The van der Waals surface area contributed by atoms with Gasteiger partial charge in [0.1, 0.15) is 30.5 Å². The molecule has 3 aliphatic rings. The fraction of sp³-hybridized carbons (Fsp3) is 0.310. The lowest BCUT2D eigenvalue weighted by molar-refractivity contribution is 0.0208. The molecule has 7 nitrogen and oxygen atoms in total. The second-order valence-electron chi connectivity index (χ2n) is 10.1. The maximum Gasteiger partial charge on any atom is 0.415 e. The quantitative estimate of drug-likeness (QED) is 0.319. The molecular formula is C29H27ClFN3O4. The van der Waals surface area contributed by atoms with Crippen molar-refractivity contribution in [3.63, 3.8) is 0 Å². The minimum atomic E-state index is -0.576. The summed E-state index contributed by atoms with van der Waals surface area (Å²) in [7, 11) is 0. The van der Waals surface area contributed by atoms with Gasteiger partial charge in [-0.05, 0) is 73.2 Å². The van der Waals surface area contributed by atoms with E-state index < -0.39 is 17.5 Å². The molecule has 0 radical (unpaired) electrons. The van der Waals surface area contributed by atoms with Crippen molar-refractivity contribution in [2.45, 2.75) is 37.2 Å². The van der Waals surface area contributed by atoms with Gasteiger partial charge in [0, 0.05) is 5.92 Å². The number of imidazole rings is 1. The number of halogens is 2. The van der Waals surface area contributed by atoms with Crippen LogP contribution in [-0.4, -0.2) is 41.4 Å². The summed E-state index contributed by atoms with van der Waals surface area (Å²) < 4.78 is 31.5. The Morgan fingerprint density at radius 3 is 2.50 bits per heavy atom. The first-order valence-corrected chi connectivity index (χ1v) is 12.7. The normalized spacial score (nSPS) is 22.4. The largest absolute Gasteiger partial charge is 0.486 e. The summed E-state index contributed by atoms with van der Waals surface area (Å²) in [4.78, 5) is 22.5. The van der Waals surface area contributed by atoms with Gasteiger partial charge in [0.05, 0.1) is 23.3 Å². The highest BCUT2D eigenvalue weighted by molar-refractivity contribution is 5.90. The Balaban J connectivity index is 0.00000264. The van der Waals surface area contributed by atoms with Gasteiger partial charge in [-0.1, -0.05) is 24.3 Å². The number of aromatic nitrogens is 2. The Kier molecular flexibility index (Phi) is 6.14. The fourth-order valence-corrected chi connectivity index (χ4v) is 5.78. The van der Waals surface area contributed by atoms with Crippen molar-refractivity contribution in [1.29, 1.82) is 0 Å². The van der Waals surface area contributed by atoms with Gasteiger partial charge in [-0.25, -0.2) is 14.2 Å². The van der Waals surface area contributed by atoms with Crippen LogP contribution in [0.5, 0.6) is 11.5 Å². The Morgan fingerprint density at radius 1 is 0.947 bits per heavy atom. The molecule has 1 amide bonds. The summed E-state index contributed by atoms with van der Waals surface area (Å²) in [5, 5.41) is 0. The maximum absolute atomic E-state index is 14.3. The summed E-state index contributed by atoms with van der Waals surface area (Å²) in [6.07, 6.45) is 2.64. The Labute approximate surface area is 225 Å². The average Bonchev–Trinajstić information content (AvgIpc) is 3.49. The molecule has 1 saturated carbocycles. The van der Waals surface area contributed by atoms with Crippen molar-refractivity contribution in [3.8, 4) is 22.6 Å². The number of amides is 1. The minimum absolute atomic E-state index is 0. The highest BCUT2D eigenvalue weighted by Crippen LogP contribution is 2.44. The van der Waals surface area contributed by atoms with Crippen LogP contribution in [0, 0.1) is 5.82 Å². The third-order valence-corrected chi connectivity index (χ3v) is 7.77. The third kappa shape index (κ3) is 4.22. The molecule has 4 aromatic rings. The number of aromatic amines is 1. The van der Waals surface area contributed by atoms with Crippen LogP contribution in [0.3, 0.4) is 0 Å². The molecule has 1 aromatic heterocycles. The van der Waals surface area contributed by atoms with E-state index >= 15 is 0 Å². The molecule has 0 atom stereocenters. The number of rotatable bonds is 3. The fourth-order valence-electron chi connectivity index (χ4n) is 5.78. The van der Waals surface area contributed by atoms with Crippen LogP contribution in [0.1, 0.15) is 37.4 Å². The summed E-state index contributed by atoms with van der Waals surface area (Å²) in [5.74, 6) is 2.33. The predicted molar refractivity (Wildman–Crippen MR) is 144 cm³/mol. The van der Waals surface area contributed by atoms with Gasteiger partial charge in [-0.3, -0.25) is 4.90 Å². The van der Waals surface area contributed by atoms with E-state index in [2.05, 4.69) is 23.2 Å². The van der Waals surface area contributed by atoms with Gasteiger partial charge in [0.25, 0.3) is 0 Å². The second-order valence-corrected chi connectivity index (χ2v) is 10.1. The molecule has 7 rings (SSSR count). The standard InChI is InChI=1S/C29H26FN3O4.ClH/c30-21-3-1-2-4-24(21)33-17-29(37-28(33)34)11-9-18(10-12-29)27-31-22-7-5-19(15-23(22)32-27)20-6-8-25-26(16-20)36-14-13-35-25;/h1-8,15-16,18H,9-14,17H2,(H,31,32);1H/t18-,29-;. The summed E-state index contributed by atoms with van der Waals surface area (Å²) >= 11 is 0. The topological polar surface area (TPSA) is 76.7 Å². The smallest absolute Gasteiger partial charge is 0.415 e. The van der Waals surface area contributed by atoms with Crippen molar-refractivity contribution in [3.05, 3.63) is 72.3 Å². The maximum atomic E-state index is 14.3. The molecule has 2 aliphatic heterocycles. The van der Waals surface area contributed by atoms with E-state index in [1.807, 2.05) is 18.2 Å². The number of ether oxygens (including phenoxy) is 3. The van der Waals surface area contributed by atoms with Gasteiger partial charge in [0.2, 0.25) is 0 Å². The monoisotopic (exact) mass is 535 g/mol. The van der Waals surface area contributed by atoms with Gasteiger partial charge in [-0.15, -0.1) is 12.4 Å². The van der Waals surface area contributed by atoms with Crippen LogP contribution in [-0.2, 0) is 4.74 Å². The zero-order valence-corrected chi connectivity index (χ0v) is 21.4. The van der Waals surface area contributed by atoms with E-state index in [0.29, 0.717) is 32.6 Å². The summed E-state index contributed by atoms with van der Waals surface area (Å²) in [6, 6.07) is 18.6. The van der Waals surface area contributed by atoms with Crippen LogP contribution >= 0.6 is 12.4 Å². The molecule has 196 valence electrons. The van der Waals surface area contributed by atoms with E-state index in [4.69, 9.17) is 19.2 Å². The van der Waals surface area contributed by atoms with E-state index in [0.717, 1.165) is 52.3 Å². The van der Waals surface area contributed by atoms with E-state index in [1.54, 1.807) is 18.2 Å². The lowest BCUT2D eigenvalue weighted by atomic mass is 9.78. The first-order valence-electron chi connectivity index (χ1n) is 12.7. The Hall–Kier alpha value is -3.78. The Morgan fingerprint density at radius 2 is 1.68 bits per heavy atom. The lowest BCUT2D eigenvalue weighted by Gasteiger charge is -2.34. The SMILES string of the molecule is Cl.O=C1O[C@]2(CC[C@H](c3nc4cc(-c5ccc6c(c5)OCCO6)ccc4[nH]3)CC2)CN1c1ccccc1F. The molecule has 2 fully saturated rings. The van der Waals surface area contributed by atoms with Gasteiger partial charge in [-0.2, -0.15) is 0 Å². The highest BCUT2D eigenvalue weighted by Gasteiger charge is 2.48. The molecule has 1 saturated heterocycles. The number of para-hydroxylation sites is 1. The molecule has 3 aromatic carbocycles. The van der Waals surface area contributed by atoms with Crippen molar-refractivity contribution in [2.24, 2.45) is 0 Å². The molecular weight excluding hydrogens is 509 g/mol. The Bertz CT molecular complexity index is 1510. The first-order chi connectivity index (χ1) is 18.1. The van der Waals surface area contributed by atoms with E-state index in [1.165, 1.54) is 11.0 Å². The molecule has 1 N–H and O–H groups in total. The number of carbonyl (C=O) groups excluding carboxylic acids is 1. The predicted octanol–water partition coefficient (Wildman–Crippen LogP) is 6.62. The number of fused-ring (bicyclic) bond motifs is 2. The second kappa shape index (κ2) is 9.51. The zero-order chi connectivity index (χ0) is 25.0. The highest BCUT2D eigenvalue weighted by atomic mass is 35.5. The van der Waals surface area contributed by atoms with Crippen molar-refractivity contribution in [1.82, 2.24) is 9.97 Å².